The van der Waals surface area contributed by atoms with Crippen molar-refractivity contribution in [3.05, 3.63) is 0 Å². The van der Waals surface area contributed by atoms with Crippen LogP contribution in [0.5, 0.6) is 0 Å². The van der Waals surface area contributed by atoms with E-state index in [9.17, 15) is 9.59 Å². The lowest BCUT2D eigenvalue weighted by atomic mass is 10.1. The molecule has 0 saturated carbocycles. The first kappa shape index (κ1) is 16.2. The van der Waals surface area contributed by atoms with Crippen LogP contribution in [0.4, 0.5) is 0 Å². The lowest BCUT2D eigenvalue weighted by Crippen LogP contribution is -2.57. The molecular weight excluding hydrogens is 270 g/mol. The number of hydrogen-bond acceptors (Lipinski definition) is 4. The van der Waals surface area contributed by atoms with Crippen LogP contribution in [-0.4, -0.2) is 61.6 Å². The third-order valence-electron chi connectivity index (χ3n) is 4.07. The van der Waals surface area contributed by atoms with E-state index in [-0.39, 0.29) is 30.4 Å². The highest BCUT2D eigenvalue weighted by Crippen LogP contribution is 2.15. The summed E-state index contributed by atoms with van der Waals surface area (Å²) < 4.78 is 5.59. The van der Waals surface area contributed by atoms with Crippen molar-refractivity contribution in [2.75, 3.05) is 32.8 Å². The molecular formula is C15H27N3O3. The number of unbranched alkanes of at least 4 members (excludes halogenated alkanes) is 1. The summed E-state index contributed by atoms with van der Waals surface area (Å²) in [6, 6.07) is -0.387. The summed E-state index contributed by atoms with van der Waals surface area (Å²) in [5.74, 6) is -0.0179. The van der Waals surface area contributed by atoms with E-state index in [1.807, 2.05) is 4.90 Å². The van der Waals surface area contributed by atoms with E-state index in [0.717, 1.165) is 38.8 Å². The van der Waals surface area contributed by atoms with Crippen molar-refractivity contribution < 1.29 is 14.3 Å². The highest BCUT2D eigenvalue weighted by atomic mass is 16.5. The van der Waals surface area contributed by atoms with Crippen LogP contribution >= 0.6 is 0 Å². The summed E-state index contributed by atoms with van der Waals surface area (Å²) in [7, 11) is 0. The summed E-state index contributed by atoms with van der Waals surface area (Å²) in [6.07, 6.45) is 4.53. The lowest BCUT2D eigenvalue weighted by Gasteiger charge is -2.34. The van der Waals surface area contributed by atoms with Crippen molar-refractivity contribution >= 4 is 11.8 Å². The third-order valence-corrected chi connectivity index (χ3v) is 4.07. The molecule has 2 N–H and O–H groups in total. The normalized spacial score (nSPS) is 26.1. The van der Waals surface area contributed by atoms with E-state index >= 15 is 0 Å². The van der Waals surface area contributed by atoms with Crippen molar-refractivity contribution in [2.24, 2.45) is 0 Å². The highest BCUT2D eigenvalue weighted by Gasteiger charge is 2.32. The first-order valence-corrected chi connectivity index (χ1v) is 8.11. The van der Waals surface area contributed by atoms with Gasteiger partial charge in [0, 0.05) is 32.8 Å². The van der Waals surface area contributed by atoms with E-state index in [4.69, 9.17) is 4.74 Å². The molecule has 2 atom stereocenters. The van der Waals surface area contributed by atoms with Crippen molar-refractivity contribution in [1.82, 2.24) is 15.5 Å². The van der Waals surface area contributed by atoms with E-state index in [2.05, 4.69) is 17.6 Å². The minimum absolute atomic E-state index is 0.0300. The average molecular weight is 297 g/mol. The van der Waals surface area contributed by atoms with Gasteiger partial charge in [-0.15, -0.1) is 0 Å². The summed E-state index contributed by atoms with van der Waals surface area (Å²) >= 11 is 0. The molecule has 6 nitrogen and oxygen atoms in total. The maximum atomic E-state index is 12.4. The van der Waals surface area contributed by atoms with Crippen molar-refractivity contribution in [1.29, 1.82) is 0 Å². The van der Waals surface area contributed by atoms with E-state index in [0.29, 0.717) is 19.6 Å². The van der Waals surface area contributed by atoms with Gasteiger partial charge in [-0.05, 0) is 19.3 Å². The number of hydrogen-bond donors (Lipinski definition) is 2. The minimum Gasteiger partial charge on any atom is -0.376 e. The Morgan fingerprint density at radius 3 is 3.10 bits per heavy atom. The standard InChI is InChI=1S/C15H27N3O3/c1-2-3-6-17-14(19)10-13-15(20)18(8-7-16-13)11-12-5-4-9-21-12/h12-13,16H,2-11H2,1H3,(H,17,19). The number of nitrogens with one attached hydrogen (secondary N) is 2. The van der Waals surface area contributed by atoms with Gasteiger partial charge in [-0.1, -0.05) is 13.3 Å². The molecule has 2 amide bonds. The minimum atomic E-state index is -0.387. The van der Waals surface area contributed by atoms with Gasteiger partial charge >= 0.3 is 0 Å². The molecule has 0 aliphatic carbocycles. The van der Waals surface area contributed by atoms with Crippen LogP contribution in [0, 0.1) is 0 Å². The third kappa shape index (κ3) is 4.97. The fourth-order valence-corrected chi connectivity index (χ4v) is 2.83. The molecule has 0 aromatic heterocycles. The summed E-state index contributed by atoms with van der Waals surface area (Å²) in [4.78, 5) is 26.1. The maximum Gasteiger partial charge on any atom is 0.240 e. The smallest absolute Gasteiger partial charge is 0.240 e. The molecule has 0 aromatic rings. The summed E-state index contributed by atoms with van der Waals surface area (Å²) in [5, 5.41) is 6.02. The molecule has 2 aliphatic heterocycles. The molecule has 21 heavy (non-hydrogen) atoms. The number of nitrogens with zero attached hydrogens (tertiary/aromatic N) is 1. The quantitative estimate of drug-likeness (QED) is 0.662. The van der Waals surface area contributed by atoms with Gasteiger partial charge in [0.05, 0.1) is 18.6 Å². The second kappa shape index (κ2) is 8.34. The van der Waals surface area contributed by atoms with Crippen LogP contribution in [0.25, 0.3) is 0 Å². The molecule has 2 fully saturated rings. The van der Waals surface area contributed by atoms with Crippen molar-refractivity contribution in [3.63, 3.8) is 0 Å². The second-order valence-corrected chi connectivity index (χ2v) is 5.83. The second-order valence-electron chi connectivity index (χ2n) is 5.83. The monoisotopic (exact) mass is 297 g/mol. The zero-order valence-electron chi connectivity index (χ0n) is 12.9. The number of amides is 2. The Balaban J connectivity index is 1.77. The molecule has 0 aromatic carbocycles. The first-order chi connectivity index (χ1) is 10.2. The SMILES string of the molecule is CCCCNC(=O)CC1NCCN(CC2CCCO2)C1=O. The largest absolute Gasteiger partial charge is 0.376 e. The maximum absolute atomic E-state index is 12.4. The predicted octanol–water partition coefficient (Wildman–Crippen LogP) is 0.272. The first-order valence-electron chi connectivity index (χ1n) is 8.11. The summed E-state index contributed by atoms with van der Waals surface area (Å²) in [5.41, 5.74) is 0. The molecule has 0 spiro atoms. The van der Waals surface area contributed by atoms with Gasteiger partial charge in [0.1, 0.15) is 0 Å². The number of rotatable bonds is 7. The summed E-state index contributed by atoms with van der Waals surface area (Å²) in [6.45, 7) is 5.68. The highest BCUT2D eigenvalue weighted by molar-refractivity contribution is 5.88. The molecule has 2 rings (SSSR count). The molecule has 2 unspecified atom stereocenters. The molecule has 0 bridgehead atoms. The number of ether oxygens (including phenoxy) is 1. The van der Waals surface area contributed by atoms with Gasteiger partial charge in [0.15, 0.2) is 0 Å². The number of carbonyl (C=O) groups excluding carboxylic acids is 2. The zero-order valence-corrected chi connectivity index (χ0v) is 12.9. The Bertz CT molecular complexity index is 356. The zero-order chi connectivity index (χ0) is 15.1. The Labute approximate surface area is 126 Å². The van der Waals surface area contributed by atoms with Crippen molar-refractivity contribution in [3.8, 4) is 0 Å². The molecule has 0 radical (unpaired) electrons. The van der Waals surface area contributed by atoms with Gasteiger partial charge in [-0.3, -0.25) is 9.59 Å². The lowest BCUT2D eigenvalue weighted by molar-refractivity contribution is -0.139. The van der Waals surface area contributed by atoms with Crippen LogP contribution in [0.2, 0.25) is 0 Å². The van der Waals surface area contributed by atoms with Crippen LogP contribution in [0.3, 0.4) is 0 Å². The van der Waals surface area contributed by atoms with E-state index < -0.39 is 0 Å². The van der Waals surface area contributed by atoms with Crippen LogP contribution in [0.15, 0.2) is 0 Å². The van der Waals surface area contributed by atoms with Crippen LogP contribution < -0.4 is 10.6 Å². The predicted molar refractivity (Wildman–Crippen MR) is 79.9 cm³/mol. The Hall–Kier alpha value is -1.14. The molecule has 6 heteroatoms. The topological polar surface area (TPSA) is 70.7 Å². The Morgan fingerprint density at radius 2 is 2.38 bits per heavy atom. The molecule has 2 aliphatic rings. The van der Waals surface area contributed by atoms with Crippen LogP contribution in [0.1, 0.15) is 39.0 Å². The van der Waals surface area contributed by atoms with Gasteiger partial charge in [-0.2, -0.15) is 0 Å². The van der Waals surface area contributed by atoms with Crippen LogP contribution in [-0.2, 0) is 14.3 Å². The molecule has 2 heterocycles. The fraction of sp³-hybridized carbons (Fsp3) is 0.867. The van der Waals surface area contributed by atoms with Gasteiger partial charge in [0.2, 0.25) is 11.8 Å². The Morgan fingerprint density at radius 1 is 1.52 bits per heavy atom. The number of carbonyl (C=O) groups is 2. The van der Waals surface area contributed by atoms with Gasteiger partial charge in [0.25, 0.3) is 0 Å². The van der Waals surface area contributed by atoms with Crippen molar-refractivity contribution in [2.45, 2.75) is 51.2 Å². The van der Waals surface area contributed by atoms with Gasteiger partial charge in [-0.25, -0.2) is 0 Å². The molecule has 120 valence electrons. The average Bonchev–Trinajstić information content (AvgIpc) is 2.96. The van der Waals surface area contributed by atoms with Gasteiger partial charge < -0.3 is 20.3 Å². The molecule has 2 saturated heterocycles. The van der Waals surface area contributed by atoms with E-state index in [1.54, 1.807) is 0 Å². The Kier molecular flexibility index (Phi) is 6.45. The van der Waals surface area contributed by atoms with E-state index in [1.165, 1.54) is 0 Å². The fourth-order valence-electron chi connectivity index (χ4n) is 2.83. The number of piperazine rings is 1.